The molecule has 0 atom stereocenters. The number of alkyl halides is 3. The Balaban J connectivity index is 1.71. The molecule has 0 fully saturated rings. The largest absolute Gasteiger partial charge is 0.573 e. The molecular weight excluding hydrogens is 463 g/mol. The number of rotatable bonds is 7. The van der Waals surface area contributed by atoms with Crippen LogP contribution in [0.25, 0.3) is 0 Å². The molecule has 0 saturated carbocycles. The van der Waals surface area contributed by atoms with E-state index in [-0.39, 0.29) is 34.4 Å². The summed E-state index contributed by atoms with van der Waals surface area (Å²) in [7, 11) is 0. The molecule has 13 heteroatoms. The van der Waals surface area contributed by atoms with E-state index >= 15 is 0 Å². The van der Waals surface area contributed by atoms with Crippen LogP contribution in [-0.4, -0.2) is 33.4 Å². The predicted molar refractivity (Wildman–Crippen MR) is 113 cm³/mol. The molecule has 0 unspecified atom stereocenters. The Morgan fingerprint density at radius 3 is 2.64 bits per heavy atom. The van der Waals surface area contributed by atoms with Crippen molar-refractivity contribution in [1.29, 1.82) is 0 Å². The van der Waals surface area contributed by atoms with E-state index in [0.29, 0.717) is 5.56 Å². The summed E-state index contributed by atoms with van der Waals surface area (Å²) in [6.45, 7) is 3.31. The summed E-state index contributed by atoms with van der Waals surface area (Å²) in [5, 5.41) is 11.1. The standard InChI is InChI=1S/C20H18F3N5O4S/c1-10(2)12-7-13(27-28-16(12)29)17(30)26-19-15(25-9-33-19)18(31)24-8-11-5-3-4-6-14(11)32-20(21,22)23/h3-7,9-10H,8H2,1-2H3,(H,24,31)(H,26,30)(H,28,29). The van der Waals surface area contributed by atoms with Crippen LogP contribution in [0, 0.1) is 0 Å². The third-order valence-electron chi connectivity index (χ3n) is 4.33. The van der Waals surface area contributed by atoms with Crippen LogP contribution in [0.5, 0.6) is 5.75 Å². The van der Waals surface area contributed by atoms with Gasteiger partial charge in [-0.15, -0.1) is 24.5 Å². The number of H-pyrrole nitrogens is 1. The number of para-hydroxylation sites is 1. The van der Waals surface area contributed by atoms with Gasteiger partial charge in [0.1, 0.15) is 16.4 Å². The number of hydrogen-bond donors (Lipinski definition) is 3. The predicted octanol–water partition coefficient (Wildman–Crippen LogP) is 3.43. The zero-order valence-electron chi connectivity index (χ0n) is 17.3. The monoisotopic (exact) mass is 481 g/mol. The van der Waals surface area contributed by atoms with E-state index in [2.05, 4.69) is 30.6 Å². The Labute approximate surface area is 189 Å². The highest BCUT2D eigenvalue weighted by Gasteiger charge is 2.32. The number of benzene rings is 1. The van der Waals surface area contributed by atoms with E-state index < -0.39 is 29.5 Å². The first kappa shape index (κ1) is 23.9. The highest BCUT2D eigenvalue weighted by molar-refractivity contribution is 7.14. The van der Waals surface area contributed by atoms with Crippen molar-refractivity contribution in [2.45, 2.75) is 32.7 Å². The smallest absolute Gasteiger partial charge is 0.405 e. The zero-order chi connectivity index (χ0) is 24.2. The minimum absolute atomic E-state index is 0.0590. The molecule has 1 aromatic carbocycles. The van der Waals surface area contributed by atoms with Gasteiger partial charge in [0.2, 0.25) is 0 Å². The summed E-state index contributed by atoms with van der Waals surface area (Å²) in [5.74, 6) is -1.97. The molecule has 2 heterocycles. The molecule has 2 amide bonds. The minimum Gasteiger partial charge on any atom is -0.405 e. The lowest BCUT2D eigenvalue weighted by Gasteiger charge is -2.13. The van der Waals surface area contributed by atoms with Crippen LogP contribution < -0.4 is 20.9 Å². The molecule has 0 aliphatic carbocycles. The van der Waals surface area contributed by atoms with Crippen molar-refractivity contribution in [1.82, 2.24) is 20.5 Å². The van der Waals surface area contributed by atoms with Crippen molar-refractivity contribution in [2.24, 2.45) is 0 Å². The second-order valence-electron chi connectivity index (χ2n) is 7.01. The van der Waals surface area contributed by atoms with Crippen LogP contribution in [-0.2, 0) is 6.54 Å². The fourth-order valence-electron chi connectivity index (χ4n) is 2.76. The topological polar surface area (TPSA) is 126 Å². The number of ether oxygens (including phenoxy) is 1. The van der Waals surface area contributed by atoms with Gasteiger partial charge in [-0.3, -0.25) is 14.4 Å². The molecule has 33 heavy (non-hydrogen) atoms. The molecule has 0 aliphatic heterocycles. The average Bonchev–Trinajstić information content (AvgIpc) is 3.20. The SMILES string of the molecule is CC(C)c1cc(C(=O)Nc2scnc2C(=O)NCc2ccccc2OC(F)(F)F)n[nH]c1=O. The Morgan fingerprint density at radius 2 is 1.94 bits per heavy atom. The third-order valence-corrected chi connectivity index (χ3v) is 5.08. The first-order valence-corrected chi connectivity index (χ1v) is 10.4. The number of nitrogens with zero attached hydrogens (tertiary/aromatic N) is 2. The number of carbonyl (C=O) groups is 2. The van der Waals surface area contributed by atoms with Crippen molar-refractivity contribution in [3.63, 3.8) is 0 Å². The molecule has 0 radical (unpaired) electrons. The molecule has 3 rings (SSSR count). The Morgan fingerprint density at radius 1 is 1.21 bits per heavy atom. The number of anilines is 1. The Bertz CT molecular complexity index is 1220. The van der Waals surface area contributed by atoms with E-state index in [1.54, 1.807) is 13.8 Å². The van der Waals surface area contributed by atoms with Gasteiger partial charge in [-0.1, -0.05) is 32.0 Å². The molecule has 0 aliphatic rings. The summed E-state index contributed by atoms with van der Waals surface area (Å²) < 4.78 is 41.7. The lowest BCUT2D eigenvalue weighted by Crippen LogP contribution is -2.26. The van der Waals surface area contributed by atoms with Crippen molar-refractivity contribution >= 4 is 28.2 Å². The van der Waals surface area contributed by atoms with Gasteiger partial charge < -0.3 is 15.4 Å². The summed E-state index contributed by atoms with van der Waals surface area (Å²) in [4.78, 5) is 40.8. The van der Waals surface area contributed by atoms with Crippen LogP contribution in [0.3, 0.4) is 0 Å². The number of hydrogen-bond acceptors (Lipinski definition) is 7. The van der Waals surface area contributed by atoms with Crippen molar-refractivity contribution in [2.75, 3.05) is 5.32 Å². The molecule has 9 nitrogen and oxygen atoms in total. The van der Waals surface area contributed by atoms with E-state index in [0.717, 1.165) is 17.4 Å². The van der Waals surface area contributed by atoms with Gasteiger partial charge in [-0.2, -0.15) is 5.10 Å². The van der Waals surface area contributed by atoms with Crippen molar-refractivity contribution in [3.8, 4) is 5.75 Å². The normalized spacial score (nSPS) is 11.3. The van der Waals surface area contributed by atoms with E-state index in [4.69, 9.17) is 0 Å². The molecule has 0 bridgehead atoms. The van der Waals surface area contributed by atoms with Crippen LogP contribution >= 0.6 is 11.3 Å². The number of carbonyl (C=O) groups excluding carboxylic acids is 2. The van der Waals surface area contributed by atoms with Gasteiger partial charge >= 0.3 is 6.36 Å². The maximum absolute atomic E-state index is 12.6. The quantitative estimate of drug-likeness (QED) is 0.475. The minimum atomic E-state index is -4.88. The summed E-state index contributed by atoms with van der Waals surface area (Å²) in [6, 6.07) is 6.74. The van der Waals surface area contributed by atoms with Crippen LogP contribution in [0.4, 0.5) is 18.2 Å². The number of nitrogens with one attached hydrogen (secondary N) is 3. The summed E-state index contributed by atoms with van der Waals surface area (Å²) >= 11 is 0.970. The van der Waals surface area contributed by atoms with Gasteiger partial charge in [-0.05, 0) is 18.1 Å². The fraction of sp³-hybridized carbons (Fsp3) is 0.250. The number of thiazole rings is 1. The highest BCUT2D eigenvalue weighted by atomic mass is 32.1. The lowest BCUT2D eigenvalue weighted by atomic mass is 10.1. The molecular formula is C20H18F3N5O4S. The highest BCUT2D eigenvalue weighted by Crippen LogP contribution is 2.26. The summed E-state index contributed by atoms with van der Waals surface area (Å²) in [6.07, 6.45) is -4.88. The zero-order valence-corrected chi connectivity index (χ0v) is 18.1. The lowest BCUT2D eigenvalue weighted by molar-refractivity contribution is -0.274. The number of aromatic amines is 1. The first-order valence-electron chi connectivity index (χ1n) is 9.51. The number of amides is 2. The number of aromatic nitrogens is 3. The maximum atomic E-state index is 12.6. The first-order chi connectivity index (χ1) is 15.5. The molecule has 3 aromatic rings. The maximum Gasteiger partial charge on any atom is 0.573 e. The van der Waals surface area contributed by atoms with E-state index in [1.165, 1.54) is 29.8 Å². The third kappa shape index (κ3) is 6.16. The molecule has 2 aromatic heterocycles. The van der Waals surface area contributed by atoms with Gasteiger partial charge in [-0.25, -0.2) is 10.1 Å². The van der Waals surface area contributed by atoms with Crippen LogP contribution in [0.2, 0.25) is 0 Å². The second-order valence-corrected chi connectivity index (χ2v) is 7.87. The van der Waals surface area contributed by atoms with Crippen LogP contribution in [0.1, 0.15) is 51.9 Å². The van der Waals surface area contributed by atoms with Gasteiger partial charge in [0.15, 0.2) is 5.69 Å². The molecule has 3 N–H and O–H groups in total. The number of halogens is 3. The van der Waals surface area contributed by atoms with E-state index in [1.807, 2.05) is 0 Å². The molecule has 0 saturated heterocycles. The van der Waals surface area contributed by atoms with Crippen LogP contribution in [0.15, 0.2) is 40.6 Å². The van der Waals surface area contributed by atoms with Gasteiger partial charge in [0, 0.05) is 17.7 Å². The fourth-order valence-corrected chi connectivity index (χ4v) is 3.44. The Kier molecular flexibility index (Phi) is 7.11. The molecule has 0 spiro atoms. The van der Waals surface area contributed by atoms with Crippen molar-refractivity contribution in [3.05, 3.63) is 68.7 Å². The van der Waals surface area contributed by atoms with Crippen molar-refractivity contribution < 1.29 is 27.5 Å². The second kappa shape index (κ2) is 9.81. The molecule has 174 valence electrons. The summed E-state index contributed by atoms with van der Waals surface area (Å²) in [5.41, 5.74) is 1.20. The van der Waals surface area contributed by atoms with Gasteiger partial charge in [0.05, 0.1) is 5.51 Å². The average molecular weight is 481 g/mol. The van der Waals surface area contributed by atoms with E-state index in [9.17, 15) is 27.6 Å². The Hall–Kier alpha value is -3.74. The van der Waals surface area contributed by atoms with Gasteiger partial charge in [0.25, 0.3) is 17.4 Å².